The molecule has 0 aliphatic carbocycles. The number of fused-ring (bicyclic) bond motifs is 1. The molecular formula is C14H14N4O2. The summed E-state index contributed by atoms with van der Waals surface area (Å²) in [4.78, 5) is 21.6. The Morgan fingerprint density at radius 2 is 2.25 bits per heavy atom. The fourth-order valence-electron chi connectivity index (χ4n) is 1.96. The van der Waals surface area contributed by atoms with E-state index >= 15 is 0 Å². The van der Waals surface area contributed by atoms with E-state index < -0.39 is 6.09 Å². The van der Waals surface area contributed by atoms with Gasteiger partial charge in [-0.05, 0) is 24.3 Å². The second kappa shape index (κ2) is 5.48. The molecule has 2 aromatic heterocycles. The summed E-state index contributed by atoms with van der Waals surface area (Å²) in [6.07, 6.45) is 5.41. The maximum Gasteiger partial charge on any atom is 0.412 e. The first kappa shape index (κ1) is 12.3. The number of amides is 1. The summed E-state index contributed by atoms with van der Waals surface area (Å²) in [7, 11) is 0. The van der Waals surface area contributed by atoms with Crippen LogP contribution in [-0.2, 0) is 6.42 Å². The predicted molar refractivity (Wildman–Crippen MR) is 74.6 cm³/mol. The highest BCUT2D eigenvalue weighted by Gasteiger charge is 2.05. The van der Waals surface area contributed by atoms with Crippen LogP contribution in [0.5, 0.6) is 5.75 Å². The average Bonchev–Trinajstić information content (AvgIpc) is 3.08. The van der Waals surface area contributed by atoms with E-state index in [9.17, 15) is 4.79 Å². The number of aromatic amines is 2. The zero-order chi connectivity index (χ0) is 13.8. The summed E-state index contributed by atoms with van der Waals surface area (Å²) in [6.45, 7) is 0.493. The molecule has 1 aromatic carbocycles. The van der Waals surface area contributed by atoms with E-state index in [-0.39, 0.29) is 0 Å². The van der Waals surface area contributed by atoms with Gasteiger partial charge in [0.15, 0.2) is 0 Å². The van der Waals surface area contributed by atoms with Crippen molar-refractivity contribution in [1.29, 1.82) is 0 Å². The van der Waals surface area contributed by atoms with Gasteiger partial charge in [0.1, 0.15) is 5.75 Å². The van der Waals surface area contributed by atoms with Crippen LogP contribution in [0.4, 0.5) is 4.79 Å². The summed E-state index contributed by atoms with van der Waals surface area (Å²) in [5.41, 5.74) is 1.98. The smallest absolute Gasteiger partial charge is 0.410 e. The van der Waals surface area contributed by atoms with Crippen LogP contribution >= 0.6 is 0 Å². The first-order valence-electron chi connectivity index (χ1n) is 6.31. The third kappa shape index (κ3) is 2.80. The van der Waals surface area contributed by atoms with Crippen molar-refractivity contribution in [2.24, 2.45) is 0 Å². The second-order valence-corrected chi connectivity index (χ2v) is 4.37. The molecule has 0 unspecified atom stereocenters. The highest BCUT2D eigenvalue weighted by molar-refractivity contribution is 5.82. The molecule has 0 saturated heterocycles. The van der Waals surface area contributed by atoms with Gasteiger partial charge in [-0.2, -0.15) is 0 Å². The van der Waals surface area contributed by atoms with Crippen molar-refractivity contribution in [2.45, 2.75) is 6.42 Å². The van der Waals surface area contributed by atoms with Gasteiger partial charge in [0, 0.05) is 42.0 Å². The third-order valence-corrected chi connectivity index (χ3v) is 2.95. The molecule has 0 radical (unpaired) electrons. The number of nitrogens with one attached hydrogen (secondary N) is 3. The lowest BCUT2D eigenvalue weighted by atomic mass is 10.2. The Balaban J connectivity index is 1.52. The number of hydrogen-bond acceptors (Lipinski definition) is 3. The quantitative estimate of drug-likeness (QED) is 0.679. The molecule has 1 amide bonds. The third-order valence-electron chi connectivity index (χ3n) is 2.95. The first-order valence-corrected chi connectivity index (χ1v) is 6.31. The zero-order valence-corrected chi connectivity index (χ0v) is 10.7. The number of rotatable bonds is 4. The van der Waals surface area contributed by atoms with Gasteiger partial charge in [0.05, 0.1) is 6.33 Å². The number of ether oxygens (including phenoxy) is 1. The fraction of sp³-hybridized carbons (Fsp3) is 0.143. The van der Waals surface area contributed by atoms with Crippen molar-refractivity contribution in [1.82, 2.24) is 20.3 Å². The molecule has 0 aliphatic rings. The molecule has 0 aliphatic heterocycles. The van der Waals surface area contributed by atoms with Crippen LogP contribution in [0.25, 0.3) is 10.9 Å². The zero-order valence-electron chi connectivity index (χ0n) is 10.7. The molecule has 2 heterocycles. The van der Waals surface area contributed by atoms with Gasteiger partial charge in [0.2, 0.25) is 0 Å². The Bertz CT molecular complexity index is 703. The van der Waals surface area contributed by atoms with Crippen LogP contribution in [-0.4, -0.2) is 27.6 Å². The van der Waals surface area contributed by atoms with Crippen LogP contribution in [0, 0.1) is 0 Å². The maximum atomic E-state index is 11.6. The lowest BCUT2D eigenvalue weighted by molar-refractivity contribution is 0.200. The van der Waals surface area contributed by atoms with Crippen molar-refractivity contribution in [3.05, 3.63) is 48.7 Å². The summed E-state index contributed by atoms with van der Waals surface area (Å²) in [5.74, 6) is 0.524. The summed E-state index contributed by atoms with van der Waals surface area (Å²) in [6, 6.07) is 7.38. The van der Waals surface area contributed by atoms with Crippen molar-refractivity contribution in [3.8, 4) is 5.75 Å². The van der Waals surface area contributed by atoms with Crippen LogP contribution in [0.15, 0.2) is 43.0 Å². The number of aromatic nitrogens is 3. The molecule has 0 atom stereocenters. The molecule has 102 valence electrons. The second-order valence-electron chi connectivity index (χ2n) is 4.37. The summed E-state index contributed by atoms with van der Waals surface area (Å²) >= 11 is 0. The minimum atomic E-state index is -0.459. The fourth-order valence-corrected chi connectivity index (χ4v) is 1.96. The molecule has 3 aromatic rings. The van der Waals surface area contributed by atoms with Gasteiger partial charge in [0.25, 0.3) is 0 Å². The number of benzene rings is 1. The Hall–Kier alpha value is -2.76. The molecule has 0 spiro atoms. The number of H-pyrrole nitrogens is 2. The molecule has 20 heavy (non-hydrogen) atoms. The molecule has 6 heteroatoms. The van der Waals surface area contributed by atoms with Gasteiger partial charge >= 0.3 is 6.09 Å². The van der Waals surface area contributed by atoms with Crippen LogP contribution < -0.4 is 10.1 Å². The normalized spacial score (nSPS) is 10.6. The number of nitrogens with zero attached hydrogens (tertiary/aromatic N) is 1. The molecule has 6 nitrogen and oxygen atoms in total. The standard InChI is InChI=1S/C14H14N4O2/c19-14(17-6-4-11-8-15-9-18-11)20-12-1-2-13-10(7-12)3-5-16-13/h1-3,5,7-9,16H,4,6H2,(H,15,18)(H,17,19). The first-order chi connectivity index (χ1) is 9.81. The lowest BCUT2D eigenvalue weighted by Gasteiger charge is -2.06. The number of imidazole rings is 1. The van der Waals surface area contributed by atoms with E-state index in [0.717, 1.165) is 16.6 Å². The predicted octanol–water partition coefficient (Wildman–Crippen LogP) is 2.22. The SMILES string of the molecule is O=C(NCCc1cnc[nH]1)Oc1ccc2[nH]ccc2c1. The lowest BCUT2D eigenvalue weighted by Crippen LogP contribution is -2.28. The van der Waals surface area contributed by atoms with E-state index in [4.69, 9.17) is 4.74 Å². The molecule has 0 saturated carbocycles. The van der Waals surface area contributed by atoms with Crippen LogP contribution in [0.2, 0.25) is 0 Å². The van der Waals surface area contributed by atoms with Gasteiger partial charge in [-0.1, -0.05) is 0 Å². The minimum Gasteiger partial charge on any atom is -0.410 e. The maximum absolute atomic E-state index is 11.6. The van der Waals surface area contributed by atoms with Crippen molar-refractivity contribution in [3.63, 3.8) is 0 Å². The number of carbonyl (C=O) groups is 1. The molecule has 0 bridgehead atoms. The molecule has 3 rings (SSSR count). The molecular weight excluding hydrogens is 256 g/mol. The number of hydrogen-bond donors (Lipinski definition) is 3. The Morgan fingerprint density at radius 3 is 3.10 bits per heavy atom. The van der Waals surface area contributed by atoms with Crippen molar-refractivity contribution >= 4 is 17.0 Å². The summed E-state index contributed by atoms with van der Waals surface area (Å²) in [5, 5.41) is 3.70. The summed E-state index contributed by atoms with van der Waals surface area (Å²) < 4.78 is 5.22. The minimum absolute atomic E-state index is 0.459. The average molecular weight is 270 g/mol. The Kier molecular flexibility index (Phi) is 3.36. The topological polar surface area (TPSA) is 82.8 Å². The highest BCUT2D eigenvalue weighted by atomic mass is 16.6. The molecule has 0 fully saturated rings. The number of carbonyl (C=O) groups excluding carboxylic acids is 1. The molecule has 3 N–H and O–H groups in total. The van der Waals surface area contributed by atoms with E-state index in [2.05, 4.69) is 20.3 Å². The van der Waals surface area contributed by atoms with Crippen molar-refractivity contribution in [2.75, 3.05) is 6.54 Å². The van der Waals surface area contributed by atoms with E-state index in [0.29, 0.717) is 18.7 Å². The van der Waals surface area contributed by atoms with E-state index in [1.54, 1.807) is 18.6 Å². The van der Waals surface area contributed by atoms with Crippen molar-refractivity contribution < 1.29 is 9.53 Å². The largest absolute Gasteiger partial charge is 0.412 e. The Labute approximate surface area is 115 Å². The van der Waals surface area contributed by atoms with E-state index in [1.807, 2.05) is 24.4 Å². The van der Waals surface area contributed by atoms with Gasteiger partial charge in [-0.15, -0.1) is 0 Å². The van der Waals surface area contributed by atoms with Gasteiger partial charge in [-0.25, -0.2) is 9.78 Å². The monoisotopic (exact) mass is 270 g/mol. The highest BCUT2D eigenvalue weighted by Crippen LogP contribution is 2.19. The van der Waals surface area contributed by atoms with E-state index in [1.165, 1.54) is 0 Å². The van der Waals surface area contributed by atoms with Crippen LogP contribution in [0.1, 0.15) is 5.69 Å². The van der Waals surface area contributed by atoms with Gasteiger partial charge in [-0.3, -0.25) is 0 Å². The van der Waals surface area contributed by atoms with Gasteiger partial charge < -0.3 is 20.0 Å². The van der Waals surface area contributed by atoms with Crippen LogP contribution in [0.3, 0.4) is 0 Å². The Morgan fingerprint density at radius 1 is 1.30 bits per heavy atom.